The van der Waals surface area contributed by atoms with E-state index in [2.05, 4.69) is 10.6 Å². The van der Waals surface area contributed by atoms with Crippen molar-refractivity contribution in [2.24, 2.45) is 0 Å². The van der Waals surface area contributed by atoms with Gasteiger partial charge >= 0.3 is 0 Å². The highest BCUT2D eigenvalue weighted by Gasteiger charge is 2.29. The number of halogens is 2. The second-order valence-electron chi connectivity index (χ2n) is 7.20. The molecule has 1 atom stereocenters. The molecule has 2 N–H and O–H groups in total. The zero-order chi connectivity index (χ0) is 21.1. The van der Waals surface area contributed by atoms with E-state index < -0.39 is 6.04 Å². The predicted molar refractivity (Wildman–Crippen MR) is 112 cm³/mol. The van der Waals surface area contributed by atoms with Crippen molar-refractivity contribution in [3.05, 3.63) is 83.4 Å². The first-order valence-electron chi connectivity index (χ1n) is 9.88. The third-order valence-electron chi connectivity index (χ3n) is 5.06. The standard InChI is InChI=1S/C24H22F2N2O2/c1-2-30-20-8-4-6-16(11-20)21-13-19(26)10-17-12-22(28-23(17)21)24(29)27-14-15-5-3-7-18(25)9-15/h3-11,13,22,28H,2,12,14H2,1H3,(H,27,29). The molecule has 0 saturated heterocycles. The molecule has 4 rings (SSSR count). The SMILES string of the molecule is CCOc1cccc(-c2cc(F)cc3c2NC(C(=O)NCc2cccc(F)c2)C3)c1. The summed E-state index contributed by atoms with van der Waals surface area (Å²) in [7, 11) is 0. The molecule has 1 aliphatic heterocycles. The molecule has 4 nitrogen and oxygen atoms in total. The fourth-order valence-electron chi connectivity index (χ4n) is 3.71. The van der Waals surface area contributed by atoms with Gasteiger partial charge in [-0.3, -0.25) is 4.79 Å². The van der Waals surface area contributed by atoms with Gasteiger partial charge in [0, 0.05) is 24.2 Å². The lowest BCUT2D eigenvalue weighted by Gasteiger charge is -2.14. The monoisotopic (exact) mass is 408 g/mol. The van der Waals surface area contributed by atoms with Crippen molar-refractivity contribution >= 4 is 11.6 Å². The summed E-state index contributed by atoms with van der Waals surface area (Å²) < 4.78 is 33.2. The topological polar surface area (TPSA) is 50.4 Å². The van der Waals surface area contributed by atoms with E-state index in [1.54, 1.807) is 12.1 Å². The largest absolute Gasteiger partial charge is 0.494 e. The molecular formula is C24H22F2N2O2. The molecule has 0 aliphatic carbocycles. The number of hydrogen-bond acceptors (Lipinski definition) is 3. The maximum absolute atomic E-state index is 14.3. The lowest BCUT2D eigenvalue weighted by molar-refractivity contribution is -0.121. The van der Waals surface area contributed by atoms with Crippen LogP contribution in [0.25, 0.3) is 11.1 Å². The number of rotatable bonds is 6. The summed E-state index contributed by atoms with van der Waals surface area (Å²) in [5.74, 6) is -0.212. The summed E-state index contributed by atoms with van der Waals surface area (Å²) in [6, 6.07) is 15.9. The number of carbonyl (C=O) groups is 1. The number of fused-ring (bicyclic) bond motifs is 1. The van der Waals surface area contributed by atoms with Gasteiger partial charge in [0.2, 0.25) is 5.91 Å². The maximum atomic E-state index is 14.3. The van der Waals surface area contributed by atoms with Gasteiger partial charge in [0.25, 0.3) is 0 Å². The van der Waals surface area contributed by atoms with E-state index in [4.69, 9.17) is 4.74 Å². The molecule has 0 aromatic heterocycles. The van der Waals surface area contributed by atoms with Gasteiger partial charge in [-0.2, -0.15) is 0 Å². The van der Waals surface area contributed by atoms with Gasteiger partial charge in [0.1, 0.15) is 23.4 Å². The van der Waals surface area contributed by atoms with Crippen LogP contribution in [-0.2, 0) is 17.8 Å². The lowest BCUT2D eigenvalue weighted by Crippen LogP contribution is -2.38. The summed E-state index contributed by atoms with van der Waals surface area (Å²) in [4.78, 5) is 12.7. The van der Waals surface area contributed by atoms with Gasteiger partial charge in [-0.25, -0.2) is 8.78 Å². The zero-order valence-electron chi connectivity index (χ0n) is 16.5. The van der Waals surface area contributed by atoms with Crippen LogP contribution in [0.1, 0.15) is 18.1 Å². The van der Waals surface area contributed by atoms with E-state index in [1.807, 2.05) is 31.2 Å². The molecule has 0 saturated carbocycles. The van der Waals surface area contributed by atoms with Gasteiger partial charge in [-0.05, 0) is 60.0 Å². The molecule has 0 radical (unpaired) electrons. The van der Waals surface area contributed by atoms with Gasteiger partial charge in [-0.1, -0.05) is 24.3 Å². The Morgan fingerprint density at radius 1 is 1.10 bits per heavy atom. The molecule has 6 heteroatoms. The van der Waals surface area contributed by atoms with Gasteiger partial charge < -0.3 is 15.4 Å². The van der Waals surface area contributed by atoms with Crippen LogP contribution in [0.5, 0.6) is 5.75 Å². The van der Waals surface area contributed by atoms with Gasteiger partial charge in [0.15, 0.2) is 0 Å². The number of ether oxygens (including phenoxy) is 1. The van der Waals surface area contributed by atoms with Crippen molar-refractivity contribution in [2.75, 3.05) is 11.9 Å². The first-order valence-corrected chi connectivity index (χ1v) is 9.88. The molecule has 3 aromatic rings. The van der Waals surface area contributed by atoms with Crippen LogP contribution in [-0.4, -0.2) is 18.6 Å². The fourth-order valence-corrected chi connectivity index (χ4v) is 3.71. The molecule has 1 amide bonds. The van der Waals surface area contributed by atoms with Crippen LogP contribution in [0.2, 0.25) is 0 Å². The Kier molecular flexibility index (Phi) is 5.65. The Balaban J connectivity index is 1.53. The quantitative estimate of drug-likeness (QED) is 0.623. The van der Waals surface area contributed by atoms with Gasteiger partial charge in [-0.15, -0.1) is 0 Å². The van der Waals surface area contributed by atoms with E-state index in [1.165, 1.54) is 24.3 Å². The number of benzene rings is 3. The highest BCUT2D eigenvalue weighted by Crippen LogP contribution is 2.38. The second-order valence-corrected chi connectivity index (χ2v) is 7.20. The Labute approximate surface area is 173 Å². The molecule has 154 valence electrons. The van der Waals surface area contributed by atoms with Crippen LogP contribution in [0, 0.1) is 11.6 Å². The van der Waals surface area contributed by atoms with Crippen molar-refractivity contribution in [3.8, 4) is 16.9 Å². The normalized spacial score (nSPS) is 14.7. The van der Waals surface area contributed by atoms with E-state index in [9.17, 15) is 13.6 Å². The molecule has 30 heavy (non-hydrogen) atoms. The summed E-state index contributed by atoms with van der Waals surface area (Å²) in [6.45, 7) is 2.67. The van der Waals surface area contributed by atoms with E-state index in [0.29, 0.717) is 29.9 Å². The van der Waals surface area contributed by atoms with E-state index >= 15 is 0 Å². The summed E-state index contributed by atoms with van der Waals surface area (Å²) >= 11 is 0. The van der Waals surface area contributed by atoms with Crippen molar-refractivity contribution in [1.82, 2.24) is 5.32 Å². The highest BCUT2D eigenvalue weighted by molar-refractivity contribution is 5.91. The minimum absolute atomic E-state index is 0.218. The van der Waals surface area contributed by atoms with Crippen LogP contribution in [0.15, 0.2) is 60.7 Å². The molecule has 3 aromatic carbocycles. The Morgan fingerprint density at radius 2 is 1.93 bits per heavy atom. The Morgan fingerprint density at radius 3 is 2.73 bits per heavy atom. The smallest absolute Gasteiger partial charge is 0.243 e. The average Bonchev–Trinajstić information content (AvgIpc) is 3.16. The number of anilines is 1. The maximum Gasteiger partial charge on any atom is 0.243 e. The summed E-state index contributed by atoms with van der Waals surface area (Å²) in [6.07, 6.45) is 0.375. The van der Waals surface area contributed by atoms with E-state index in [-0.39, 0.29) is 24.1 Å². The third-order valence-corrected chi connectivity index (χ3v) is 5.06. The van der Waals surface area contributed by atoms with Crippen LogP contribution >= 0.6 is 0 Å². The fraction of sp³-hybridized carbons (Fsp3) is 0.208. The molecule has 1 aliphatic rings. The Bertz CT molecular complexity index is 1080. The minimum atomic E-state index is -0.524. The molecule has 1 unspecified atom stereocenters. The van der Waals surface area contributed by atoms with Crippen LogP contribution < -0.4 is 15.4 Å². The lowest BCUT2D eigenvalue weighted by atomic mass is 9.99. The zero-order valence-corrected chi connectivity index (χ0v) is 16.5. The van der Waals surface area contributed by atoms with Crippen molar-refractivity contribution in [1.29, 1.82) is 0 Å². The molecule has 0 spiro atoms. The molecule has 1 heterocycles. The molecule has 0 fully saturated rings. The van der Waals surface area contributed by atoms with E-state index in [0.717, 1.165) is 16.8 Å². The van der Waals surface area contributed by atoms with Crippen LogP contribution in [0.4, 0.5) is 14.5 Å². The molecular weight excluding hydrogens is 386 g/mol. The van der Waals surface area contributed by atoms with Crippen molar-refractivity contribution in [3.63, 3.8) is 0 Å². The van der Waals surface area contributed by atoms with Gasteiger partial charge in [0.05, 0.1) is 6.61 Å². The predicted octanol–water partition coefficient (Wildman–Crippen LogP) is 4.68. The summed E-state index contributed by atoms with van der Waals surface area (Å²) in [5.41, 5.74) is 3.67. The third kappa shape index (κ3) is 4.27. The second kappa shape index (κ2) is 8.53. The van der Waals surface area contributed by atoms with Crippen molar-refractivity contribution in [2.45, 2.75) is 25.9 Å². The first-order chi connectivity index (χ1) is 14.5. The molecule has 0 bridgehead atoms. The first kappa shape index (κ1) is 19.9. The summed E-state index contributed by atoms with van der Waals surface area (Å²) in [5, 5.41) is 6.05. The van der Waals surface area contributed by atoms with Crippen LogP contribution in [0.3, 0.4) is 0 Å². The Hall–Kier alpha value is -3.41. The highest BCUT2D eigenvalue weighted by atomic mass is 19.1. The number of amides is 1. The van der Waals surface area contributed by atoms with Crippen molar-refractivity contribution < 1.29 is 18.3 Å². The number of carbonyl (C=O) groups excluding carboxylic acids is 1. The minimum Gasteiger partial charge on any atom is -0.494 e. The number of nitrogens with one attached hydrogen (secondary N) is 2. The average molecular weight is 408 g/mol. The number of hydrogen-bond donors (Lipinski definition) is 2.